The normalized spacial score (nSPS) is 10.5. The second-order valence-corrected chi connectivity index (χ2v) is 5.06. The SMILES string of the molecule is O=c1cc(-c2ccccc2)nc(-c2ccc(Cl)c([N+](=O)[O-])c2)o1. The van der Waals surface area contributed by atoms with Gasteiger partial charge in [0.25, 0.3) is 5.69 Å². The second-order valence-electron chi connectivity index (χ2n) is 4.66. The van der Waals surface area contributed by atoms with Crippen LogP contribution in [0.25, 0.3) is 22.7 Å². The zero-order chi connectivity index (χ0) is 16.4. The quantitative estimate of drug-likeness (QED) is 0.537. The van der Waals surface area contributed by atoms with Crippen molar-refractivity contribution in [3.8, 4) is 22.7 Å². The number of hydrogen-bond acceptors (Lipinski definition) is 5. The molecule has 0 bridgehead atoms. The van der Waals surface area contributed by atoms with Crippen LogP contribution < -0.4 is 5.63 Å². The molecule has 2 aromatic carbocycles. The van der Waals surface area contributed by atoms with Crippen LogP contribution in [-0.4, -0.2) is 9.91 Å². The van der Waals surface area contributed by atoms with Crippen LogP contribution >= 0.6 is 11.6 Å². The van der Waals surface area contributed by atoms with Crippen LogP contribution in [0.3, 0.4) is 0 Å². The number of aromatic nitrogens is 1. The Bertz CT molecular complexity index is 938. The van der Waals surface area contributed by atoms with E-state index in [9.17, 15) is 14.9 Å². The first-order chi connectivity index (χ1) is 11.0. The lowest BCUT2D eigenvalue weighted by molar-refractivity contribution is -0.384. The minimum Gasteiger partial charge on any atom is -0.404 e. The van der Waals surface area contributed by atoms with Gasteiger partial charge in [0.2, 0.25) is 5.89 Å². The zero-order valence-corrected chi connectivity index (χ0v) is 12.4. The Balaban J connectivity index is 2.14. The molecule has 0 spiro atoms. The molecule has 0 aliphatic rings. The fourth-order valence-electron chi connectivity index (χ4n) is 2.07. The summed E-state index contributed by atoms with van der Waals surface area (Å²) in [6, 6.07) is 14.5. The molecule has 0 radical (unpaired) electrons. The molecular weight excluding hydrogens is 320 g/mol. The van der Waals surface area contributed by atoms with Gasteiger partial charge in [-0.3, -0.25) is 10.1 Å². The highest BCUT2D eigenvalue weighted by molar-refractivity contribution is 6.32. The van der Waals surface area contributed by atoms with E-state index in [1.807, 2.05) is 18.2 Å². The molecule has 3 rings (SSSR count). The van der Waals surface area contributed by atoms with E-state index in [-0.39, 0.29) is 16.6 Å². The largest absolute Gasteiger partial charge is 0.404 e. The van der Waals surface area contributed by atoms with Crippen molar-refractivity contribution in [1.29, 1.82) is 0 Å². The first-order valence-corrected chi connectivity index (χ1v) is 6.94. The molecule has 0 saturated carbocycles. The van der Waals surface area contributed by atoms with Crippen molar-refractivity contribution in [3.05, 3.63) is 80.2 Å². The number of rotatable bonds is 3. The highest BCUT2D eigenvalue weighted by Crippen LogP contribution is 2.29. The van der Waals surface area contributed by atoms with Crippen LogP contribution in [0.5, 0.6) is 0 Å². The Hall–Kier alpha value is -2.99. The highest BCUT2D eigenvalue weighted by atomic mass is 35.5. The number of nitro groups is 1. The molecule has 0 fully saturated rings. The Morgan fingerprint density at radius 2 is 1.78 bits per heavy atom. The van der Waals surface area contributed by atoms with E-state index in [2.05, 4.69) is 4.98 Å². The molecule has 0 amide bonds. The van der Waals surface area contributed by atoms with Crippen molar-refractivity contribution in [1.82, 2.24) is 4.98 Å². The average Bonchev–Trinajstić information content (AvgIpc) is 2.55. The van der Waals surface area contributed by atoms with Gasteiger partial charge >= 0.3 is 5.63 Å². The lowest BCUT2D eigenvalue weighted by Gasteiger charge is -2.04. The molecule has 3 aromatic rings. The summed E-state index contributed by atoms with van der Waals surface area (Å²) in [6.07, 6.45) is 0. The summed E-state index contributed by atoms with van der Waals surface area (Å²) < 4.78 is 5.07. The summed E-state index contributed by atoms with van der Waals surface area (Å²) in [4.78, 5) is 26.4. The monoisotopic (exact) mass is 328 g/mol. The van der Waals surface area contributed by atoms with Crippen LogP contribution in [0.15, 0.2) is 63.8 Å². The molecular formula is C16H9ClN2O4. The zero-order valence-electron chi connectivity index (χ0n) is 11.6. The standard InChI is InChI=1S/C16H9ClN2O4/c17-12-7-6-11(8-14(12)19(21)22)16-18-13(9-15(20)23-16)10-4-2-1-3-5-10/h1-9H. The summed E-state index contributed by atoms with van der Waals surface area (Å²) in [5.41, 5.74) is 0.598. The molecule has 0 N–H and O–H groups in total. The van der Waals surface area contributed by atoms with Gasteiger partial charge in [-0.1, -0.05) is 41.9 Å². The van der Waals surface area contributed by atoms with E-state index >= 15 is 0 Å². The van der Waals surface area contributed by atoms with Gasteiger partial charge in [-0.15, -0.1) is 0 Å². The topological polar surface area (TPSA) is 86.2 Å². The van der Waals surface area contributed by atoms with Crippen LogP contribution in [0.4, 0.5) is 5.69 Å². The third-order valence-electron chi connectivity index (χ3n) is 3.13. The predicted octanol–water partition coefficient (Wildman–Crippen LogP) is 3.93. The summed E-state index contributed by atoms with van der Waals surface area (Å²) in [7, 11) is 0. The molecule has 1 aromatic heterocycles. The highest BCUT2D eigenvalue weighted by Gasteiger charge is 2.16. The average molecular weight is 329 g/mol. The van der Waals surface area contributed by atoms with Crippen molar-refractivity contribution >= 4 is 17.3 Å². The fourth-order valence-corrected chi connectivity index (χ4v) is 2.25. The molecule has 0 unspecified atom stereocenters. The van der Waals surface area contributed by atoms with E-state index < -0.39 is 10.5 Å². The number of nitro benzene ring substituents is 1. The van der Waals surface area contributed by atoms with Gasteiger partial charge in [0.05, 0.1) is 16.7 Å². The van der Waals surface area contributed by atoms with E-state index in [0.717, 1.165) is 5.56 Å². The molecule has 0 atom stereocenters. The smallest absolute Gasteiger partial charge is 0.339 e. The molecule has 0 aliphatic carbocycles. The predicted molar refractivity (Wildman–Crippen MR) is 85.3 cm³/mol. The van der Waals surface area contributed by atoms with Gasteiger partial charge in [0.15, 0.2) is 0 Å². The third-order valence-corrected chi connectivity index (χ3v) is 3.45. The van der Waals surface area contributed by atoms with E-state index in [1.165, 1.54) is 24.3 Å². The first kappa shape index (κ1) is 14.9. The molecule has 0 saturated heterocycles. The number of nitrogens with zero attached hydrogens (tertiary/aromatic N) is 2. The van der Waals surface area contributed by atoms with Crippen molar-refractivity contribution in [3.63, 3.8) is 0 Å². The van der Waals surface area contributed by atoms with Gasteiger partial charge < -0.3 is 4.42 Å². The van der Waals surface area contributed by atoms with Crippen LogP contribution in [0.2, 0.25) is 5.02 Å². The van der Waals surface area contributed by atoms with Gasteiger partial charge in [-0.05, 0) is 12.1 Å². The summed E-state index contributed by atoms with van der Waals surface area (Å²) in [5, 5.41) is 11.0. The van der Waals surface area contributed by atoms with Crippen molar-refractivity contribution in [2.45, 2.75) is 0 Å². The minimum absolute atomic E-state index is 0.000288. The van der Waals surface area contributed by atoms with Crippen LogP contribution in [0.1, 0.15) is 0 Å². The Kier molecular flexibility index (Phi) is 3.91. The third kappa shape index (κ3) is 3.12. The molecule has 1 heterocycles. The van der Waals surface area contributed by atoms with Crippen LogP contribution in [-0.2, 0) is 0 Å². The molecule has 23 heavy (non-hydrogen) atoms. The second kappa shape index (κ2) is 6.02. The fraction of sp³-hybridized carbons (Fsp3) is 0. The molecule has 7 heteroatoms. The Labute approximate surface area is 135 Å². The van der Waals surface area contributed by atoms with Crippen molar-refractivity contribution < 1.29 is 9.34 Å². The van der Waals surface area contributed by atoms with E-state index in [1.54, 1.807) is 12.1 Å². The first-order valence-electron chi connectivity index (χ1n) is 6.56. The lowest BCUT2D eigenvalue weighted by atomic mass is 10.1. The Morgan fingerprint density at radius 1 is 1.04 bits per heavy atom. The van der Waals surface area contributed by atoms with E-state index in [0.29, 0.717) is 11.3 Å². The number of benzene rings is 2. The van der Waals surface area contributed by atoms with Crippen molar-refractivity contribution in [2.75, 3.05) is 0 Å². The minimum atomic E-state index is -0.606. The number of halogens is 1. The lowest BCUT2D eigenvalue weighted by Crippen LogP contribution is -2.02. The van der Waals surface area contributed by atoms with Crippen LogP contribution in [0, 0.1) is 10.1 Å². The van der Waals surface area contributed by atoms with Gasteiger partial charge in [-0.2, -0.15) is 0 Å². The van der Waals surface area contributed by atoms with E-state index in [4.69, 9.17) is 16.0 Å². The van der Waals surface area contributed by atoms with Crippen molar-refractivity contribution in [2.24, 2.45) is 0 Å². The maximum absolute atomic E-state index is 11.8. The number of hydrogen-bond donors (Lipinski definition) is 0. The summed E-state index contributed by atoms with van der Waals surface area (Å²) >= 11 is 5.78. The molecule has 114 valence electrons. The maximum Gasteiger partial charge on any atom is 0.339 e. The summed E-state index contributed by atoms with van der Waals surface area (Å²) in [6.45, 7) is 0. The maximum atomic E-state index is 11.8. The van der Waals surface area contributed by atoms with Gasteiger partial charge in [0.1, 0.15) is 5.02 Å². The van der Waals surface area contributed by atoms with Gasteiger partial charge in [-0.25, -0.2) is 9.78 Å². The van der Waals surface area contributed by atoms with Gasteiger partial charge in [0, 0.05) is 17.2 Å². The summed E-state index contributed by atoms with van der Waals surface area (Å²) in [5.74, 6) is -0.00359. The molecule has 6 nitrogen and oxygen atoms in total. The Morgan fingerprint density at radius 3 is 2.48 bits per heavy atom. The molecule has 0 aliphatic heterocycles.